The lowest BCUT2D eigenvalue weighted by molar-refractivity contribution is -0.141. The zero-order chi connectivity index (χ0) is 19.1. The van der Waals surface area contributed by atoms with Crippen LogP contribution in [0.4, 0.5) is 0 Å². The van der Waals surface area contributed by atoms with E-state index in [1.54, 1.807) is 37.7 Å². The summed E-state index contributed by atoms with van der Waals surface area (Å²) in [6, 6.07) is 6.24. The first-order valence-corrected chi connectivity index (χ1v) is 9.06. The fourth-order valence-electron chi connectivity index (χ4n) is 2.25. The summed E-state index contributed by atoms with van der Waals surface area (Å²) in [5.74, 6) is -0.688. The number of carbonyl (C=O) groups excluding carboxylic acids is 1. The molecule has 1 heterocycles. The van der Waals surface area contributed by atoms with Crippen LogP contribution in [-0.4, -0.2) is 50.7 Å². The fraction of sp³-hybridized carbons (Fsp3) is 0.412. The number of hydrogen-bond donors (Lipinski definition) is 2. The van der Waals surface area contributed by atoms with Crippen molar-refractivity contribution in [2.24, 2.45) is 0 Å². The van der Waals surface area contributed by atoms with Crippen molar-refractivity contribution in [2.45, 2.75) is 37.5 Å². The number of aliphatic carboxylic acids is 1. The number of carboxylic acid groups (broad SMARTS) is 1. The molecule has 2 rings (SSSR count). The van der Waals surface area contributed by atoms with Gasteiger partial charge in [0.25, 0.3) is 0 Å². The van der Waals surface area contributed by atoms with E-state index < -0.39 is 12.0 Å². The molecule has 0 fully saturated rings. The molecule has 0 radical (unpaired) electrons. The molecule has 1 atom stereocenters. The maximum atomic E-state index is 12.2. The minimum absolute atomic E-state index is 0.0673. The Labute approximate surface area is 156 Å². The topological polar surface area (TPSA) is 106 Å². The summed E-state index contributed by atoms with van der Waals surface area (Å²) >= 11 is 1.22. The highest BCUT2D eigenvalue weighted by atomic mass is 32.2. The maximum absolute atomic E-state index is 12.2. The van der Waals surface area contributed by atoms with Gasteiger partial charge in [-0.15, -0.1) is 10.2 Å². The van der Waals surface area contributed by atoms with Gasteiger partial charge in [-0.25, -0.2) is 4.79 Å². The maximum Gasteiger partial charge on any atom is 0.326 e. The summed E-state index contributed by atoms with van der Waals surface area (Å²) in [7, 11) is 1.56. The third-order valence-corrected chi connectivity index (χ3v) is 4.62. The van der Waals surface area contributed by atoms with E-state index in [1.807, 2.05) is 18.4 Å². The number of amides is 1. The number of nitrogens with one attached hydrogen (secondary N) is 1. The monoisotopic (exact) mass is 378 g/mol. The molecule has 2 aromatic rings. The van der Waals surface area contributed by atoms with Gasteiger partial charge in [0.05, 0.1) is 12.9 Å². The minimum atomic E-state index is -1.08. The number of rotatable bonds is 9. The molecule has 0 aliphatic rings. The number of benzene rings is 1. The van der Waals surface area contributed by atoms with E-state index in [4.69, 9.17) is 4.74 Å². The first-order valence-electron chi connectivity index (χ1n) is 8.08. The molecular formula is C17H22N4O4S. The smallest absolute Gasteiger partial charge is 0.326 e. The second-order valence-electron chi connectivity index (χ2n) is 5.91. The number of aromatic nitrogens is 3. The van der Waals surface area contributed by atoms with E-state index in [9.17, 15) is 14.7 Å². The number of ether oxygens (including phenoxy) is 1. The predicted octanol–water partition coefficient (Wildman–Crippen LogP) is 1.77. The summed E-state index contributed by atoms with van der Waals surface area (Å²) in [5.41, 5.74) is 0.797. The largest absolute Gasteiger partial charge is 0.497 e. The van der Waals surface area contributed by atoms with Crippen LogP contribution in [0, 0.1) is 0 Å². The highest BCUT2D eigenvalue weighted by Crippen LogP contribution is 2.18. The first-order chi connectivity index (χ1) is 12.4. The molecule has 1 aromatic carbocycles. The molecule has 140 valence electrons. The Morgan fingerprint density at radius 1 is 1.31 bits per heavy atom. The van der Waals surface area contributed by atoms with E-state index in [-0.39, 0.29) is 24.1 Å². The zero-order valence-electron chi connectivity index (χ0n) is 14.9. The number of nitrogens with zero attached hydrogens (tertiary/aromatic N) is 3. The molecule has 8 nitrogen and oxygen atoms in total. The Hall–Kier alpha value is -2.55. The van der Waals surface area contributed by atoms with Crippen molar-refractivity contribution < 1.29 is 19.4 Å². The van der Waals surface area contributed by atoms with Crippen LogP contribution in [0.2, 0.25) is 0 Å². The van der Waals surface area contributed by atoms with Gasteiger partial charge in [0.15, 0.2) is 5.16 Å². The van der Waals surface area contributed by atoms with E-state index >= 15 is 0 Å². The van der Waals surface area contributed by atoms with E-state index in [2.05, 4.69) is 15.5 Å². The Kier molecular flexibility index (Phi) is 7.02. The van der Waals surface area contributed by atoms with Crippen molar-refractivity contribution in [2.75, 3.05) is 12.9 Å². The second kappa shape index (κ2) is 9.23. The van der Waals surface area contributed by atoms with Crippen molar-refractivity contribution in [1.82, 2.24) is 20.1 Å². The number of carbonyl (C=O) groups is 2. The van der Waals surface area contributed by atoms with E-state index in [0.29, 0.717) is 10.9 Å². The SMILES string of the molecule is COc1ccc(C[C@H](NC(=O)CSc2nncn2C(C)C)C(=O)O)cc1. The van der Waals surface area contributed by atoms with Gasteiger partial charge in [0.2, 0.25) is 5.91 Å². The van der Waals surface area contributed by atoms with Crippen molar-refractivity contribution in [3.05, 3.63) is 36.2 Å². The highest BCUT2D eigenvalue weighted by molar-refractivity contribution is 7.99. The van der Waals surface area contributed by atoms with Crippen LogP contribution in [0.3, 0.4) is 0 Å². The lowest BCUT2D eigenvalue weighted by Crippen LogP contribution is -2.43. The average molecular weight is 378 g/mol. The van der Waals surface area contributed by atoms with Gasteiger partial charge < -0.3 is 19.7 Å². The van der Waals surface area contributed by atoms with E-state index in [1.165, 1.54) is 11.8 Å². The summed E-state index contributed by atoms with van der Waals surface area (Å²) < 4.78 is 6.93. The highest BCUT2D eigenvalue weighted by Gasteiger charge is 2.21. The molecule has 0 aliphatic heterocycles. The van der Waals surface area contributed by atoms with Gasteiger partial charge in [0.1, 0.15) is 18.1 Å². The van der Waals surface area contributed by atoms with Crippen molar-refractivity contribution in [3.8, 4) is 5.75 Å². The van der Waals surface area contributed by atoms with Crippen LogP contribution in [0.25, 0.3) is 0 Å². The fourth-order valence-corrected chi connectivity index (χ4v) is 3.11. The molecular weight excluding hydrogens is 356 g/mol. The number of thioether (sulfide) groups is 1. The molecule has 0 aliphatic carbocycles. The van der Waals surface area contributed by atoms with E-state index in [0.717, 1.165) is 5.56 Å². The van der Waals surface area contributed by atoms with Crippen LogP contribution in [0.5, 0.6) is 5.75 Å². The van der Waals surface area contributed by atoms with Crippen molar-refractivity contribution in [1.29, 1.82) is 0 Å². The third-order valence-electron chi connectivity index (χ3n) is 3.66. The zero-order valence-corrected chi connectivity index (χ0v) is 15.7. The molecule has 26 heavy (non-hydrogen) atoms. The normalized spacial score (nSPS) is 12.0. The molecule has 0 spiro atoms. The van der Waals surface area contributed by atoms with Crippen molar-refractivity contribution in [3.63, 3.8) is 0 Å². The summed E-state index contributed by atoms with van der Waals surface area (Å²) in [6.07, 6.45) is 1.80. The van der Waals surface area contributed by atoms with Crippen molar-refractivity contribution >= 4 is 23.6 Å². The lowest BCUT2D eigenvalue weighted by atomic mass is 10.1. The second-order valence-corrected chi connectivity index (χ2v) is 6.86. The molecule has 2 N–H and O–H groups in total. The molecule has 1 amide bonds. The third kappa shape index (κ3) is 5.48. The quantitative estimate of drug-likeness (QED) is 0.641. The van der Waals surface area contributed by atoms with Crippen LogP contribution in [0.1, 0.15) is 25.5 Å². The molecule has 0 bridgehead atoms. The molecule has 0 saturated heterocycles. The summed E-state index contributed by atoms with van der Waals surface area (Å²) in [5, 5.41) is 20.4. The van der Waals surface area contributed by atoms with Gasteiger partial charge >= 0.3 is 5.97 Å². The standard InChI is InChI=1S/C17H22N4O4S/c1-11(2)21-10-18-20-17(21)26-9-15(22)19-14(16(23)24)8-12-4-6-13(25-3)7-5-12/h4-7,10-11,14H,8-9H2,1-3H3,(H,19,22)(H,23,24)/t14-/m0/s1. The Morgan fingerprint density at radius 2 is 2.00 bits per heavy atom. The van der Waals surface area contributed by atoms with Gasteiger partial charge in [0, 0.05) is 12.5 Å². The van der Waals surface area contributed by atoms with Crippen LogP contribution < -0.4 is 10.1 Å². The summed E-state index contributed by atoms with van der Waals surface area (Å²) in [6.45, 7) is 3.98. The van der Waals surface area contributed by atoms with Gasteiger partial charge in [-0.05, 0) is 31.5 Å². The first kappa shape index (κ1) is 19.8. The number of hydrogen-bond acceptors (Lipinski definition) is 6. The minimum Gasteiger partial charge on any atom is -0.497 e. The molecule has 0 saturated carbocycles. The van der Waals surface area contributed by atoms with Gasteiger partial charge in [-0.3, -0.25) is 4.79 Å². The average Bonchev–Trinajstić information content (AvgIpc) is 3.09. The molecule has 0 unspecified atom stereocenters. The van der Waals surface area contributed by atoms with Gasteiger partial charge in [-0.2, -0.15) is 0 Å². The van der Waals surface area contributed by atoms with Crippen LogP contribution in [0.15, 0.2) is 35.7 Å². The Balaban J connectivity index is 1.92. The van der Waals surface area contributed by atoms with Crippen LogP contribution >= 0.6 is 11.8 Å². The predicted molar refractivity (Wildman–Crippen MR) is 97.4 cm³/mol. The lowest BCUT2D eigenvalue weighted by Gasteiger charge is -2.15. The van der Waals surface area contributed by atoms with Gasteiger partial charge in [-0.1, -0.05) is 23.9 Å². The Morgan fingerprint density at radius 3 is 2.58 bits per heavy atom. The molecule has 9 heteroatoms. The summed E-state index contributed by atoms with van der Waals surface area (Å²) in [4.78, 5) is 23.6. The Bertz CT molecular complexity index is 745. The molecule has 1 aromatic heterocycles. The number of methoxy groups -OCH3 is 1. The van der Waals surface area contributed by atoms with Crippen LogP contribution in [-0.2, 0) is 16.0 Å². The number of carboxylic acids is 1.